The lowest BCUT2D eigenvalue weighted by atomic mass is 9.85. The third kappa shape index (κ3) is 2.12. The predicted molar refractivity (Wildman–Crippen MR) is 78.7 cm³/mol. The number of fused-ring (bicyclic) bond motifs is 1. The summed E-state index contributed by atoms with van der Waals surface area (Å²) in [5, 5.41) is 0.807. The van der Waals surface area contributed by atoms with E-state index in [-0.39, 0.29) is 0 Å². The maximum absolute atomic E-state index is 6.27. The Labute approximate surface area is 119 Å². The third-order valence-corrected chi connectivity index (χ3v) is 5.17. The van der Waals surface area contributed by atoms with Crippen LogP contribution in [0, 0.1) is 5.92 Å². The zero-order chi connectivity index (χ0) is 12.5. The molecular formula is C15H19Cl2N. The summed E-state index contributed by atoms with van der Waals surface area (Å²) >= 11 is 12.4. The third-order valence-electron chi connectivity index (χ3n) is 4.55. The summed E-state index contributed by atoms with van der Waals surface area (Å²) in [5.74, 6) is 1.39. The first-order valence-electron chi connectivity index (χ1n) is 6.91. The average Bonchev–Trinajstić information content (AvgIpc) is 2.82. The molecule has 3 rings (SSSR count). The zero-order valence-electron chi connectivity index (χ0n) is 10.5. The summed E-state index contributed by atoms with van der Waals surface area (Å²) in [6.45, 7) is 1.17. The molecule has 98 valence electrons. The molecule has 0 amide bonds. The molecule has 1 saturated carbocycles. The Morgan fingerprint density at radius 2 is 2.00 bits per heavy atom. The summed E-state index contributed by atoms with van der Waals surface area (Å²) in [4.78, 5) is 2.56. The van der Waals surface area contributed by atoms with Crippen molar-refractivity contribution in [3.05, 3.63) is 28.8 Å². The van der Waals surface area contributed by atoms with Crippen LogP contribution in [-0.4, -0.2) is 12.6 Å². The van der Waals surface area contributed by atoms with Gasteiger partial charge in [0, 0.05) is 28.9 Å². The summed E-state index contributed by atoms with van der Waals surface area (Å²) in [6.07, 6.45) is 6.84. The molecule has 3 heteroatoms. The fourth-order valence-electron chi connectivity index (χ4n) is 3.65. The van der Waals surface area contributed by atoms with E-state index >= 15 is 0 Å². The Balaban J connectivity index is 1.93. The molecule has 1 aromatic carbocycles. The highest BCUT2D eigenvalue weighted by Crippen LogP contribution is 2.41. The average molecular weight is 284 g/mol. The summed E-state index contributed by atoms with van der Waals surface area (Å²) < 4.78 is 0. The molecular weight excluding hydrogens is 265 g/mol. The Morgan fingerprint density at radius 1 is 1.17 bits per heavy atom. The maximum Gasteiger partial charge on any atom is 0.0509 e. The Morgan fingerprint density at radius 3 is 2.83 bits per heavy atom. The molecule has 0 N–H and O–H groups in total. The minimum Gasteiger partial charge on any atom is -0.368 e. The molecule has 2 unspecified atom stereocenters. The van der Waals surface area contributed by atoms with Crippen molar-refractivity contribution in [3.63, 3.8) is 0 Å². The Hall–Kier alpha value is -0.400. The molecule has 2 fully saturated rings. The molecule has 18 heavy (non-hydrogen) atoms. The second-order valence-corrected chi connectivity index (χ2v) is 6.14. The number of hydrogen-bond acceptors (Lipinski definition) is 1. The highest BCUT2D eigenvalue weighted by molar-refractivity contribution is 6.32. The SMILES string of the molecule is ClCc1c(Cl)cccc1N1CCC2CCCCC21. The largest absolute Gasteiger partial charge is 0.368 e. The molecule has 0 bridgehead atoms. The van der Waals surface area contributed by atoms with Gasteiger partial charge in [-0.2, -0.15) is 0 Å². The van der Waals surface area contributed by atoms with E-state index in [1.165, 1.54) is 44.3 Å². The van der Waals surface area contributed by atoms with E-state index in [1.54, 1.807) is 0 Å². The van der Waals surface area contributed by atoms with E-state index in [0.29, 0.717) is 5.88 Å². The van der Waals surface area contributed by atoms with Gasteiger partial charge < -0.3 is 4.90 Å². The van der Waals surface area contributed by atoms with Crippen LogP contribution >= 0.6 is 23.2 Å². The fraction of sp³-hybridized carbons (Fsp3) is 0.600. The van der Waals surface area contributed by atoms with E-state index in [1.807, 2.05) is 12.1 Å². The van der Waals surface area contributed by atoms with Gasteiger partial charge in [-0.1, -0.05) is 30.5 Å². The Kier molecular flexibility index (Phi) is 3.72. The van der Waals surface area contributed by atoms with Crippen molar-refractivity contribution in [2.24, 2.45) is 5.92 Å². The number of anilines is 1. The lowest BCUT2D eigenvalue weighted by Gasteiger charge is -2.34. The van der Waals surface area contributed by atoms with Gasteiger partial charge in [-0.15, -0.1) is 11.6 Å². The Bertz CT molecular complexity index is 433. The van der Waals surface area contributed by atoms with Crippen LogP contribution in [0.15, 0.2) is 18.2 Å². The maximum atomic E-state index is 6.27. The molecule has 1 aliphatic carbocycles. The smallest absolute Gasteiger partial charge is 0.0509 e. The van der Waals surface area contributed by atoms with Crippen molar-refractivity contribution >= 4 is 28.9 Å². The van der Waals surface area contributed by atoms with Crippen LogP contribution in [0.25, 0.3) is 0 Å². The highest BCUT2D eigenvalue weighted by atomic mass is 35.5. The quantitative estimate of drug-likeness (QED) is 0.702. The van der Waals surface area contributed by atoms with E-state index in [2.05, 4.69) is 11.0 Å². The van der Waals surface area contributed by atoms with Gasteiger partial charge >= 0.3 is 0 Å². The van der Waals surface area contributed by atoms with Crippen molar-refractivity contribution in [2.75, 3.05) is 11.4 Å². The molecule has 0 aromatic heterocycles. The molecule has 0 radical (unpaired) electrons. The van der Waals surface area contributed by atoms with Crippen LogP contribution in [0.1, 0.15) is 37.7 Å². The number of benzene rings is 1. The number of hydrogen-bond donors (Lipinski definition) is 0. The van der Waals surface area contributed by atoms with Crippen LogP contribution < -0.4 is 4.90 Å². The highest BCUT2D eigenvalue weighted by Gasteiger charge is 2.36. The second-order valence-electron chi connectivity index (χ2n) is 5.47. The fourth-order valence-corrected chi connectivity index (χ4v) is 4.24. The predicted octanol–water partition coefficient (Wildman–Crippen LogP) is 4.85. The number of nitrogens with zero attached hydrogens (tertiary/aromatic N) is 1. The lowest BCUT2D eigenvalue weighted by molar-refractivity contribution is 0.342. The van der Waals surface area contributed by atoms with Crippen LogP contribution in [-0.2, 0) is 5.88 Å². The van der Waals surface area contributed by atoms with Crippen LogP contribution in [0.5, 0.6) is 0 Å². The van der Waals surface area contributed by atoms with Crippen LogP contribution in [0.3, 0.4) is 0 Å². The van der Waals surface area contributed by atoms with Crippen molar-refractivity contribution in [2.45, 2.75) is 44.0 Å². The van der Waals surface area contributed by atoms with Crippen molar-refractivity contribution < 1.29 is 0 Å². The molecule has 0 spiro atoms. The first-order valence-corrected chi connectivity index (χ1v) is 7.82. The number of alkyl halides is 1. The minimum absolute atomic E-state index is 0.503. The first kappa shape index (κ1) is 12.6. The summed E-state index contributed by atoms with van der Waals surface area (Å²) in [7, 11) is 0. The molecule has 2 aliphatic rings. The van der Waals surface area contributed by atoms with Crippen molar-refractivity contribution in [1.82, 2.24) is 0 Å². The van der Waals surface area contributed by atoms with Gasteiger partial charge in [0.05, 0.1) is 5.88 Å². The van der Waals surface area contributed by atoms with Crippen molar-refractivity contribution in [3.8, 4) is 0 Å². The van der Waals surface area contributed by atoms with E-state index in [0.717, 1.165) is 22.5 Å². The van der Waals surface area contributed by atoms with Gasteiger partial charge in [0.15, 0.2) is 0 Å². The molecule has 1 nitrogen and oxygen atoms in total. The van der Waals surface area contributed by atoms with Gasteiger partial charge in [0.2, 0.25) is 0 Å². The lowest BCUT2D eigenvalue weighted by Crippen LogP contribution is -2.35. The molecule has 2 atom stereocenters. The normalized spacial score (nSPS) is 27.3. The topological polar surface area (TPSA) is 3.24 Å². The number of rotatable bonds is 2. The van der Waals surface area contributed by atoms with Gasteiger partial charge in [0.25, 0.3) is 0 Å². The molecule has 1 aliphatic heterocycles. The molecule has 1 aromatic rings. The van der Waals surface area contributed by atoms with E-state index in [9.17, 15) is 0 Å². The number of halogens is 2. The summed E-state index contributed by atoms with van der Waals surface area (Å²) in [6, 6.07) is 6.89. The van der Waals surface area contributed by atoms with Gasteiger partial charge in [-0.25, -0.2) is 0 Å². The molecule has 1 saturated heterocycles. The van der Waals surface area contributed by atoms with Gasteiger partial charge in [-0.3, -0.25) is 0 Å². The minimum atomic E-state index is 0.503. The zero-order valence-corrected chi connectivity index (χ0v) is 12.1. The van der Waals surface area contributed by atoms with Crippen molar-refractivity contribution in [1.29, 1.82) is 0 Å². The van der Waals surface area contributed by atoms with Gasteiger partial charge in [-0.05, 0) is 37.3 Å². The van der Waals surface area contributed by atoms with Crippen LogP contribution in [0.4, 0.5) is 5.69 Å². The summed E-state index contributed by atoms with van der Waals surface area (Å²) in [5.41, 5.74) is 2.37. The molecule has 1 heterocycles. The van der Waals surface area contributed by atoms with E-state index < -0.39 is 0 Å². The van der Waals surface area contributed by atoms with Gasteiger partial charge in [0.1, 0.15) is 0 Å². The van der Waals surface area contributed by atoms with Crippen LogP contribution in [0.2, 0.25) is 5.02 Å². The first-order chi connectivity index (χ1) is 8.81. The standard InChI is InChI=1S/C15H19Cl2N/c16-10-12-13(17)5-3-7-15(12)18-9-8-11-4-1-2-6-14(11)18/h3,5,7,11,14H,1-2,4,6,8-10H2. The monoisotopic (exact) mass is 283 g/mol. The second kappa shape index (κ2) is 5.30. The van der Waals surface area contributed by atoms with E-state index in [4.69, 9.17) is 23.2 Å².